The summed E-state index contributed by atoms with van der Waals surface area (Å²) in [6.45, 7) is 6.38. The number of hydrogen-bond donors (Lipinski definition) is 0. The largest absolute Gasteiger partial charge is 0.405 e. The number of hydrogen-bond acceptors (Lipinski definition) is 3. The van der Waals surface area contributed by atoms with Gasteiger partial charge in [-0.3, -0.25) is 4.79 Å². The zero-order valence-electron chi connectivity index (χ0n) is 14.0. The molecule has 0 amide bonds. The summed E-state index contributed by atoms with van der Waals surface area (Å²) in [4.78, 5) is 12.2. The summed E-state index contributed by atoms with van der Waals surface area (Å²) in [5, 5.41) is 0. The molecule has 0 N–H and O–H groups in total. The summed E-state index contributed by atoms with van der Waals surface area (Å²) in [7, 11) is -0.0852. The molecule has 0 aromatic heterocycles. The van der Waals surface area contributed by atoms with Gasteiger partial charge in [0.15, 0.2) is 14.1 Å². The first-order chi connectivity index (χ1) is 10.3. The van der Waals surface area contributed by atoms with Gasteiger partial charge >= 0.3 is 0 Å². The highest BCUT2D eigenvalue weighted by Gasteiger charge is 2.50. The van der Waals surface area contributed by atoms with Crippen molar-refractivity contribution in [3.05, 3.63) is 42.0 Å². The second-order valence-electron chi connectivity index (χ2n) is 6.88. The van der Waals surface area contributed by atoms with Crippen molar-refractivity contribution in [3.8, 4) is 0 Å². The topological polar surface area (TPSA) is 35.5 Å². The molecule has 1 aromatic rings. The van der Waals surface area contributed by atoms with Gasteiger partial charge in [-0.1, -0.05) is 42.5 Å². The molecule has 1 aromatic carbocycles. The lowest BCUT2D eigenvalue weighted by molar-refractivity contribution is -0.151. The predicted molar refractivity (Wildman–Crippen MR) is 92.3 cm³/mol. The minimum absolute atomic E-state index is 0.110. The lowest BCUT2D eigenvalue weighted by atomic mass is 9.75. The van der Waals surface area contributed by atoms with Gasteiger partial charge in [-0.2, -0.15) is 0 Å². The molecular formula is C18H26O3Si. The van der Waals surface area contributed by atoms with E-state index in [0.29, 0.717) is 12.8 Å². The number of rotatable bonds is 7. The molecule has 1 saturated carbocycles. The second-order valence-corrected chi connectivity index (χ2v) is 11.3. The summed E-state index contributed by atoms with van der Waals surface area (Å²) in [5.41, 5.74) is 0.510. The van der Waals surface area contributed by atoms with Crippen LogP contribution in [0.5, 0.6) is 0 Å². The Hall–Kier alpha value is -1.23. The van der Waals surface area contributed by atoms with Crippen LogP contribution in [-0.4, -0.2) is 32.9 Å². The number of ketones is 1. The number of Topliss-reactive ketones (excluding diaryl/α,β-unsaturated/α-hetero) is 1. The zero-order chi connectivity index (χ0) is 16.2. The van der Waals surface area contributed by atoms with Crippen molar-refractivity contribution in [3.63, 3.8) is 0 Å². The van der Waals surface area contributed by atoms with Crippen LogP contribution in [0.15, 0.2) is 36.4 Å². The molecule has 4 heteroatoms. The van der Waals surface area contributed by atoms with Gasteiger partial charge in [0.05, 0.1) is 6.10 Å². The Labute approximate surface area is 134 Å². The molecule has 0 bridgehead atoms. The standard InChI is InChI=1S/C18H26O3Si/c1-20-16(11-10-15-8-6-5-7-9-15)14-18(13-12-17(18)19)21-22(2,3)4/h5-11,16H,12-14H2,1-4H3. The van der Waals surface area contributed by atoms with Crippen LogP contribution in [0.1, 0.15) is 24.8 Å². The van der Waals surface area contributed by atoms with Crippen molar-refractivity contribution < 1.29 is 14.0 Å². The lowest BCUT2D eigenvalue weighted by Crippen LogP contribution is -2.56. The lowest BCUT2D eigenvalue weighted by Gasteiger charge is -2.45. The summed E-state index contributed by atoms with van der Waals surface area (Å²) in [5.74, 6) is 0.227. The van der Waals surface area contributed by atoms with E-state index in [1.807, 2.05) is 42.5 Å². The third kappa shape index (κ3) is 4.38. The Kier molecular flexibility index (Phi) is 5.37. The van der Waals surface area contributed by atoms with Crippen molar-refractivity contribution in [1.82, 2.24) is 0 Å². The summed E-state index contributed by atoms with van der Waals surface area (Å²) in [6.07, 6.45) is 6.00. The van der Waals surface area contributed by atoms with Crippen LogP contribution in [0, 0.1) is 0 Å². The minimum Gasteiger partial charge on any atom is -0.405 e. The quantitative estimate of drug-likeness (QED) is 0.711. The average Bonchev–Trinajstić information content (AvgIpc) is 2.48. The van der Waals surface area contributed by atoms with E-state index in [9.17, 15) is 4.79 Å². The van der Waals surface area contributed by atoms with Crippen LogP contribution < -0.4 is 0 Å². The molecule has 22 heavy (non-hydrogen) atoms. The molecule has 0 spiro atoms. The average molecular weight is 318 g/mol. The number of benzene rings is 1. The first-order valence-corrected chi connectivity index (χ1v) is 11.2. The van der Waals surface area contributed by atoms with E-state index in [0.717, 1.165) is 12.0 Å². The molecule has 1 fully saturated rings. The van der Waals surface area contributed by atoms with Crippen molar-refractivity contribution in [2.24, 2.45) is 0 Å². The van der Waals surface area contributed by atoms with Gasteiger partial charge in [-0.15, -0.1) is 0 Å². The molecule has 0 aliphatic heterocycles. The zero-order valence-corrected chi connectivity index (χ0v) is 15.0. The maximum Gasteiger partial charge on any atom is 0.185 e. The minimum atomic E-state index is -1.77. The molecule has 120 valence electrons. The highest BCUT2D eigenvalue weighted by atomic mass is 28.4. The van der Waals surface area contributed by atoms with E-state index in [-0.39, 0.29) is 11.9 Å². The van der Waals surface area contributed by atoms with Gasteiger partial charge in [0, 0.05) is 20.0 Å². The first-order valence-electron chi connectivity index (χ1n) is 7.84. The third-order valence-electron chi connectivity index (χ3n) is 3.90. The highest BCUT2D eigenvalue weighted by molar-refractivity contribution is 6.70. The highest BCUT2D eigenvalue weighted by Crippen LogP contribution is 2.39. The predicted octanol–water partition coefficient (Wildman–Crippen LogP) is 4.06. The Morgan fingerprint density at radius 3 is 2.41 bits per heavy atom. The van der Waals surface area contributed by atoms with E-state index in [2.05, 4.69) is 19.6 Å². The van der Waals surface area contributed by atoms with E-state index in [4.69, 9.17) is 9.16 Å². The molecule has 1 aliphatic carbocycles. The molecule has 0 radical (unpaired) electrons. The Bertz CT molecular complexity index is 533. The fourth-order valence-electron chi connectivity index (χ4n) is 2.80. The first kappa shape index (κ1) is 17.1. The SMILES string of the molecule is COC(C=Cc1ccccc1)CC1(O[Si](C)(C)C)CCC1=O. The number of carbonyl (C=O) groups excluding carboxylic acids is 1. The van der Waals surface area contributed by atoms with Gasteiger partial charge in [0.2, 0.25) is 0 Å². The smallest absolute Gasteiger partial charge is 0.185 e. The number of methoxy groups -OCH3 is 1. The monoisotopic (exact) mass is 318 g/mol. The van der Waals surface area contributed by atoms with Crippen LogP contribution in [-0.2, 0) is 14.0 Å². The summed E-state index contributed by atoms with van der Waals surface area (Å²) >= 11 is 0. The number of carbonyl (C=O) groups is 1. The van der Waals surface area contributed by atoms with Crippen LogP contribution in [0.3, 0.4) is 0 Å². The normalized spacial score (nSPS) is 23.5. The van der Waals surface area contributed by atoms with E-state index >= 15 is 0 Å². The van der Waals surface area contributed by atoms with Gasteiger partial charge < -0.3 is 9.16 Å². The fourth-order valence-corrected chi connectivity index (χ4v) is 4.27. The second kappa shape index (κ2) is 6.90. The molecule has 1 aliphatic rings. The van der Waals surface area contributed by atoms with Crippen LogP contribution >= 0.6 is 0 Å². The van der Waals surface area contributed by atoms with Crippen LogP contribution in [0.2, 0.25) is 19.6 Å². The van der Waals surface area contributed by atoms with E-state index in [1.165, 1.54) is 0 Å². The Morgan fingerprint density at radius 2 is 1.95 bits per heavy atom. The maximum absolute atomic E-state index is 12.2. The fraction of sp³-hybridized carbons (Fsp3) is 0.500. The van der Waals surface area contributed by atoms with E-state index < -0.39 is 13.9 Å². The molecule has 0 heterocycles. The molecule has 0 saturated heterocycles. The van der Waals surface area contributed by atoms with Crippen molar-refractivity contribution >= 4 is 20.2 Å². The van der Waals surface area contributed by atoms with Crippen molar-refractivity contribution in [1.29, 1.82) is 0 Å². The van der Waals surface area contributed by atoms with Gasteiger partial charge in [-0.05, 0) is 31.6 Å². The maximum atomic E-state index is 12.2. The van der Waals surface area contributed by atoms with Crippen molar-refractivity contribution in [2.45, 2.75) is 50.6 Å². The van der Waals surface area contributed by atoms with Crippen LogP contribution in [0.4, 0.5) is 0 Å². The molecular weight excluding hydrogens is 292 g/mol. The Morgan fingerprint density at radius 1 is 1.27 bits per heavy atom. The molecule has 2 atom stereocenters. The summed E-state index contributed by atoms with van der Waals surface area (Å²) in [6, 6.07) is 10.1. The third-order valence-corrected chi connectivity index (χ3v) is 4.91. The molecule has 2 unspecified atom stereocenters. The molecule has 3 nitrogen and oxygen atoms in total. The molecule has 2 rings (SSSR count). The van der Waals surface area contributed by atoms with Crippen LogP contribution in [0.25, 0.3) is 6.08 Å². The Balaban J connectivity index is 2.07. The van der Waals surface area contributed by atoms with Gasteiger partial charge in [0.1, 0.15) is 5.60 Å². The van der Waals surface area contributed by atoms with Crippen molar-refractivity contribution in [2.75, 3.05) is 7.11 Å². The number of ether oxygens (including phenoxy) is 1. The van der Waals surface area contributed by atoms with Gasteiger partial charge in [0.25, 0.3) is 0 Å². The summed E-state index contributed by atoms with van der Waals surface area (Å²) < 4.78 is 11.8. The van der Waals surface area contributed by atoms with Gasteiger partial charge in [-0.25, -0.2) is 0 Å². The van der Waals surface area contributed by atoms with E-state index in [1.54, 1.807) is 7.11 Å².